The van der Waals surface area contributed by atoms with Crippen molar-refractivity contribution in [3.05, 3.63) is 22.8 Å². The fourth-order valence-electron chi connectivity index (χ4n) is 3.33. The average Bonchev–Trinajstić information content (AvgIpc) is 2.40. The maximum absolute atomic E-state index is 10.9. The molecule has 0 aromatic heterocycles. The molecule has 3 nitrogen and oxygen atoms in total. The van der Waals surface area contributed by atoms with Gasteiger partial charge in [0, 0.05) is 24.0 Å². The number of benzene rings is 1. The minimum Gasteiger partial charge on any atom is -0.507 e. The van der Waals surface area contributed by atoms with E-state index in [0.717, 1.165) is 48.5 Å². The third-order valence-electron chi connectivity index (χ3n) is 4.53. The summed E-state index contributed by atoms with van der Waals surface area (Å²) in [6.07, 6.45) is 2.05. The Bertz CT molecular complexity index is 556. The van der Waals surface area contributed by atoms with Crippen molar-refractivity contribution in [2.75, 3.05) is 13.2 Å². The summed E-state index contributed by atoms with van der Waals surface area (Å²) >= 11 is 0. The molecule has 3 heteroatoms. The summed E-state index contributed by atoms with van der Waals surface area (Å²) < 4.78 is 11.7. The molecule has 0 saturated carbocycles. The summed E-state index contributed by atoms with van der Waals surface area (Å²) in [4.78, 5) is 0. The highest BCUT2D eigenvalue weighted by Gasteiger charge is 2.30. The minimum absolute atomic E-state index is 0.133. The van der Waals surface area contributed by atoms with Gasteiger partial charge < -0.3 is 14.6 Å². The third kappa shape index (κ3) is 4.00. The first-order valence-corrected chi connectivity index (χ1v) is 8.63. The van der Waals surface area contributed by atoms with Crippen LogP contribution in [0.3, 0.4) is 0 Å². The second-order valence-corrected chi connectivity index (χ2v) is 8.70. The van der Waals surface area contributed by atoms with Gasteiger partial charge in [0.25, 0.3) is 0 Å². The van der Waals surface area contributed by atoms with Crippen LogP contribution in [0.1, 0.15) is 71.1 Å². The molecule has 1 aromatic carbocycles. The van der Waals surface area contributed by atoms with Crippen LogP contribution in [0, 0.1) is 6.92 Å². The first kappa shape index (κ1) is 18.1. The van der Waals surface area contributed by atoms with Crippen LogP contribution in [-0.2, 0) is 15.6 Å². The Morgan fingerprint density at radius 2 is 1.61 bits per heavy atom. The molecular formula is C20H32O3. The van der Waals surface area contributed by atoms with Crippen molar-refractivity contribution in [1.82, 2.24) is 0 Å². The van der Waals surface area contributed by atoms with Crippen molar-refractivity contribution in [1.29, 1.82) is 0 Å². The van der Waals surface area contributed by atoms with E-state index in [-0.39, 0.29) is 16.9 Å². The number of phenolic OH excluding ortho intramolecular Hbond substituents is 1. The quantitative estimate of drug-likeness (QED) is 0.846. The van der Waals surface area contributed by atoms with E-state index >= 15 is 0 Å². The van der Waals surface area contributed by atoms with E-state index in [1.807, 2.05) is 6.07 Å². The lowest BCUT2D eigenvalue weighted by Gasteiger charge is -2.32. The topological polar surface area (TPSA) is 38.7 Å². The second kappa shape index (κ2) is 6.35. The monoisotopic (exact) mass is 320 g/mol. The molecule has 0 bridgehead atoms. The molecule has 0 amide bonds. The summed E-state index contributed by atoms with van der Waals surface area (Å²) in [5.74, 6) is 1.33. The summed E-state index contributed by atoms with van der Waals surface area (Å²) in [5, 5.41) is 10.9. The predicted octanol–water partition coefficient (Wildman–Crippen LogP) is 4.85. The zero-order valence-corrected chi connectivity index (χ0v) is 15.7. The van der Waals surface area contributed by atoms with E-state index in [1.165, 1.54) is 0 Å². The van der Waals surface area contributed by atoms with E-state index in [0.29, 0.717) is 5.75 Å². The molecule has 0 aliphatic carbocycles. The normalized spacial score (nSPS) is 17.3. The van der Waals surface area contributed by atoms with Crippen LogP contribution in [0.2, 0.25) is 0 Å². The van der Waals surface area contributed by atoms with E-state index in [1.54, 1.807) is 0 Å². The Kier molecular flexibility index (Phi) is 5.00. The minimum atomic E-state index is -0.136. The number of phenols is 1. The van der Waals surface area contributed by atoms with Gasteiger partial charge >= 0.3 is 0 Å². The predicted molar refractivity (Wildman–Crippen MR) is 94.7 cm³/mol. The average molecular weight is 320 g/mol. The maximum Gasteiger partial charge on any atom is 0.123 e. The molecule has 1 saturated heterocycles. The van der Waals surface area contributed by atoms with Crippen LogP contribution >= 0.6 is 0 Å². The molecule has 1 aliphatic heterocycles. The van der Waals surface area contributed by atoms with Crippen molar-refractivity contribution >= 4 is 0 Å². The van der Waals surface area contributed by atoms with Crippen LogP contribution in [0.15, 0.2) is 6.07 Å². The Labute approximate surface area is 141 Å². The maximum atomic E-state index is 10.9. The molecule has 0 atom stereocenters. The highest BCUT2D eigenvalue weighted by Crippen LogP contribution is 2.44. The van der Waals surface area contributed by atoms with E-state index in [4.69, 9.17) is 9.47 Å². The Morgan fingerprint density at radius 1 is 1.04 bits per heavy atom. The molecule has 2 rings (SSSR count). The standard InChI is InChI=1S/C20H32O3/c1-13-16(23-14-8-10-22-11-9-14)12-15(19(2,3)4)18(21)17(13)20(5,6)7/h12,14,21H,8-11H2,1-7H3. The highest BCUT2D eigenvalue weighted by atomic mass is 16.5. The Morgan fingerprint density at radius 3 is 2.09 bits per heavy atom. The van der Waals surface area contributed by atoms with Crippen molar-refractivity contribution in [3.8, 4) is 11.5 Å². The van der Waals surface area contributed by atoms with Gasteiger partial charge in [-0.1, -0.05) is 41.5 Å². The Balaban J connectivity index is 2.52. The molecule has 0 unspecified atom stereocenters. The summed E-state index contributed by atoms with van der Waals surface area (Å²) in [6, 6.07) is 2.04. The van der Waals surface area contributed by atoms with Crippen LogP contribution in [0.4, 0.5) is 0 Å². The first-order valence-electron chi connectivity index (χ1n) is 8.63. The van der Waals surface area contributed by atoms with Gasteiger partial charge in [0.05, 0.1) is 13.2 Å². The lowest BCUT2D eigenvalue weighted by Crippen LogP contribution is -2.27. The molecule has 1 heterocycles. The van der Waals surface area contributed by atoms with Crippen LogP contribution in [-0.4, -0.2) is 24.4 Å². The highest BCUT2D eigenvalue weighted by molar-refractivity contribution is 5.57. The van der Waals surface area contributed by atoms with Crippen molar-refractivity contribution < 1.29 is 14.6 Å². The van der Waals surface area contributed by atoms with Gasteiger partial charge in [-0.05, 0) is 29.4 Å². The van der Waals surface area contributed by atoms with E-state index < -0.39 is 0 Å². The zero-order chi connectivity index (χ0) is 17.4. The molecule has 1 fully saturated rings. The smallest absolute Gasteiger partial charge is 0.123 e. The number of hydrogen-bond acceptors (Lipinski definition) is 3. The lowest BCUT2D eigenvalue weighted by molar-refractivity contribution is 0.0251. The van der Waals surface area contributed by atoms with Gasteiger partial charge in [-0.15, -0.1) is 0 Å². The largest absolute Gasteiger partial charge is 0.507 e. The number of rotatable bonds is 2. The van der Waals surface area contributed by atoms with E-state index in [2.05, 4.69) is 48.5 Å². The second-order valence-electron chi connectivity index (χ2n) is 8.70. The van der Waals surface area contributed by atoms with Gasteiger partial charge in [-0.2, -0.15) is 0 Å². The molecule has 1 aromatic rings. The zero-order valence-electron chi connectivity index (χ0n) is 15.7. The van der Waals surface area contributed by atoms with Gasteiger partial charge in [0.15, 0.2) is 0 Å². The van der Waals surface area contributed by atoms with Crippen molar-refractivity contribution in [3.63, 3.8) is 0 Å². The molecule has 1 aliphatic rings. The van der Waals surface area contributed by atoms with Crippen LogP contribution < -0.4 is 4.74 Å². The molecule has 1 N–H and O–H groups in total. The van der Waals surface area contributed by atoms with Crippen LogP contribution in [0.5, 0.6) is 11.5 Å². The molecule has 0 spiro atoms. The van der Waals surface area contributed by atoms with Crippen molar-refractivity contribution in [2.24, 2.45) is 0 Å². The SMILES string of the molecule is Cc1c(OC2CCOCC2)cc(C(C)(C)C)c(O)c1C(C)(C)C. The molecule has 0 radical (unpaired) electrons. The van der Waals surface area contributed by atoms with Crippen molar-refractivity contribution in [2.45, 2.75) is 78.2 Å². The fraction of sp³-hybridized carbons (Fsp3) is 0.700. The lowest BCUT2D eigenvalue weighted by atomic mass is 9.77. The number of aromatic hydroxyl groups is 1. The summed E-state index contributed by atoms with van der Waals surface area (Å²) in [7, 11) is 0. The van der Waals surface area contributed by atoms with Gasteiger partial charge in [-0.25, -0.2) is 0 Å². The van der Waals surface area contributed by atoms with Gasteiger partial charge in [0.1, 0.15) is 17.6 Å². The molecule has 23 heavy (non-hydrogen) atoms. The molecular weight excluding hydrogens is 288 g/mol. The number of ether oxygens (including phenoxy) is 2. The van der Waals surface area contributed by atoms with Crippen LogP contribution in [0.25, 0.3) is 0 Å². The number of hydrogen-bond donors (Lipinski definition) is 1. The van der Waals surface area contributed by atoms with Gasteiger partial charge in [0.2, 0.25) is 0 Å². The first-order chi connectivity index (χ1) is 10.5. The summed E-state index contributed by atoms with van der Waals surface area (Å²) in [6.45, 7) is 16.4. The van der Waals surface area contributed by atoms with E-state index in [9.17, 15) is 5.11 Å². The van der Waals surface area contributed by atoms with Gasteiger partial charge in [-0.3, -0.25) is 0 Å². The fourth-order valence-corrected chi connectivity index (χ4v) is 3.33. The Hall–Kier alpha value is -1.22. The third-order valence-corrected chi connectivity index (χ3v) is 4.53. The summed E-state index contributed by atoms with van der Waals surface area (Å²) in [5.41, 5.74) is 2.73. The molecule has 130 valence electrons.